The number of hydrogen-bond donors (Lipinski definition) is 2. The van der Waals surface area contributed by atoms with Crippen LogP contribution in [0.4, 0.5) is 0 Å². The van der Waals surface area contributed by atoms with Crippen molar-refractivity contribution in [3.8, 4) is 0 Å². The van der Waals surface area contributed by atoms with Crippen LogP contribution >= 0.6 is 0 Å². The minimum atomic E-state index is -0.492. The van der Waals surface area contributed by atoms with Crippen LogP contribution in [0.5, 0.6) is 0 Å². The van der Waals surface area contributed by atoms with Gasteiger partial charge in [0.25, 0.3) is 0 Å². The summed E-state index contributed by atoms with van der Waals surface area (Å²) in [6.07, 6.45) is 2.08. The second-order valence-corrected chi connectivity index (χ2v) is 4.07. The van der Waals surface area contributed by atoms with Crippen LogP contribution in [0.2, 0.25) is 0 Å². The summed E-state index contributed by atoms with van der Waals surface area (Å²) in [5.41, 5.74) is 0. The molecular formula is C11H22O4. The van der Waals surface area contributed by atoms with Crippen LogP contribution in [0.1, 0.15) is 39.5 Å². The topological polar surface area (TPSA) is 58.9 Å². The zero-order valence-electron chi connectivity index (χ0n) is 9.61. The summed E-state index contributed by atoms with van der Waals surface area (Å²) in [5.74, 6) is -0.441. The highest BCUT2D eigenvalue weighted by atomic mass is 16.7. The maximum absolute atomic E-state index is 9.53. The first-order valence-corrected chi connectivity index (χ1v) is 5.76. The van der Waals surface area contributed by atoms with E-state index in [1.54, 1.807) is 0 Å². The Labute approximate surface area is 91.2 Å². The number of ether oxygens (including phenoxy) is 2. The van der Waals surface area contributed by atoms with Crippen LogP contribution in [-0.4, -0.2) is 41.4 Å². The van der Waals surface area contributed by atoms with Gasteiger partial charge >= 0.3 is 0 Å². The fraction of sp³-hybridized carbons (Fsp3) is 1.00. The Kier molecular flexibility index (Phi) is 4.99. The summed E-state index contributed by atoms with van der Waals surface area (Å²) in [6, 6.07) is 0. The average molecular weight is 218 g/mol. The second kappa shape index (κ2) is 5.80. The van der Waals surface area contributed by atoms with Gasteiger partial charge in [0.05, 0.1) is 18.8 Å². The van der Waals surface area contributed by atoms with Gasteiger partial charge in [-0.15, -0.1) is 0 Å². The molecule has 1 aliphatic heterocycles. The van der Waals surface area contributed by atoms with Crippen molar-refractivity contribution in [2.24, 2.45) is 0 Å². The van der Waals surface area contributed by atoms with Crippen molar-refractivity contribution >= 4 is 0 Å². The summed E-state index contributed by atoms with van der Waals surface area (Å²) in [6.45, 7) is 4.64. The van der Waals surface area contributed by atoms with Gasteiger partial charge in [-0.25, -0.2) is 0 Å². The predicted octanol–water partition coefficient (Wildman–Crippen LogP) is 1.05. The lowest BCUT2D eigenvalue weighted by Crippen LogP contribution is -2.30. The Morgan fingerprint density at radius 3 is 2.53 bits per heavy atom. The summed E-state index contributed by atoms with van der Waals surface area (Å²) >= 11 is 0. The Bertz CT molecular complexity index is 179. The lowest BCUT2D eigenvalue weighted by molar-refractivity contribution is -0.174. The van der Waals surface area contributed by atoms with E-state index < -0.39 is 11.9 Å². The summed E-state index contributed by atoms with van der Waals surface area (Å²) < 4.78 is 11.4. The summed E-state index contributed by atoms with van der Waals surface area (Å²) in [5, 5.41) is 18.2. The molecule has 0 aromatic rings. The number of hydrogen-bond acceptors (Lipinski definition) is 4. The van der Waals surface area contributed by atoms with Gasteiger partial charge in [-0.1, -0.05) is 13.8 Å². The zero-order chi connectivity index (χ0) is 11.3. The van der Waals surface area contributed by atoms with Gasteiger partial charge in [0.1, 0.15) is 0 Å². The van der Waals surface area contributed by atoms with Crippen LogP contribution < -0.4 is 0 Å². The summed E-state index contributed by atoms with van der Waals surface area (Å²) in [7, 11) is 0. The second-order valence-electron chi connectivity index (χ2n) is 4.07. The van der Waals surface area contributed by atoms with Crippen LogP contribution in [-0.2, 0) is 9.47 Å². The Morgan fingerprint density at radius 2 is 2.07 bits per heavy atom. The quantitative estimate of drug-likeness (QED) is 0.699. The van der Waals surface area contributed by atoms with Crippen LogP contribution in [0.15, 0.2) is 0 Å². The van der Waals surface area contributed by atoms with Gasteiger partial charge in [0.15, 0.2) is 5.79 Å². The average Bonchev–Trinajstić information content (AvgIpc) is 2.63. The molecule has 2 atom stereocenters. The monoisotopic (exact) mass is 218 g/mol. The molecule has 15 heavy (non-hydrogen) atoms. The van der Waals surface area contributed by atoms with Gasteiger partial charge in [0.2, 0.25) is 0 Å². The third-order valence-electron chi connectivity index (χ3n) is 2.99. The third-order valence-corrected chi connectivity index (χ3v) is 2.99. The molecule has 0 unspecified atom stereocenters. The molecule has 2 N–H and O–H groups in total. The van der Waals surface area contributed by atoms with Gasteiger partial charge in [-0.3, -0.25) is 0 Å². The lowest BCUT2D eigenvalue weighted by Gasteiger charge is -2.25. The largest absolute Gasteiger partial charge is 0.396 e. The molecule has 4 heteroatoms. The Balaban J connectivity index is 2.35. The minimum absolute atomic E-state index is 0.0153. The van der Waals surface area contributed by atoms with Crippen molar-refractivity contribution in [1.29, 1.82) is 0 Å². The molecule has 1 saturated heterocycles. The van der Waals surface area contributed by atoms with E-state index in [0.29, 0.717) is 19.4 Å². The molecule has 0 bridgehead atoms. The van der Waals surface area contributed by atoms with Crippen LogP contribution in [0, 0.1) is 0 Å². The Hall–Kier alpha value is -0.160. The predicted molar refractivity (Wildman–Crippen MR) is 56.5 cm³/mol. The molecule has 0 amide bonds. The van der Waals surface area contributed by atoms with E-state index in [1.165, 1.54) is 0 Å². The number of aliphatic hydroxyl groups is 2. The van der Waals surface area contributed by atoms with Gasteiger partial charge < -0.3 is 19.7 Å². The maximum atomic E-state index is 9.53. The van der Waals surface area contributed by atoms with Crippen molar-refractivity contribution in [2.75, 3.05) is 13.2 Å². The summed E-state index contributed by atoms with van der Waals surface area (Å²) in [4.78, 5) is 0. The third kappa shape index (κ3) is 3.41. The molecule has 1 fully saturated rings. The first-order chi connectivity index (χ1) is 7.15. The van der Waals surface area contributed by atoms with E-state index in [4.69, 9.17) is 14.6 Å². The first-order valence-electron chi connectivity index (χ1n) is 5.76. The molecule has 0 aromatic carbocycles. The smallest absolute Gasteiger partial charge is 0.168 e. The maximum Gasteiger partial charge on any atom is 0.168 e. The van der Waals surface area contributed by atoms with Gasteiger partial charge in [-0.05, 0) is 19.3 Å². The molecule has 0 aliphatic carbocycles. The Morgan fingerprint density at radius 1 is 1.40 bits per heavy atom. The first kappa shape index (κ1) is 12.9. The van der Waals surface area contributed by atoms with E-state index >= 15 is 0 Å². The minimum Gasteiger partial charge on any atom is -0.396 e. The van der Waals surface area contributed by atoms with Crippen molar-refractivity contribution < 1.29 is 19.7 Å². The standard InChI is InChI=1S/C11H22O4/c1-3-11(4-2)14-8-10(15-11)7-9(13)5-6-12/h9-10,12-13H,3-8H2,1-2H3/t9-,10-/m0/s1. The van der Waals surface area contributed by atoms with Crippen molar-refractivity contribution in [3.05, 3.63) is 0 Å². The molecule has 4 nitrogen and oxygen atoms in total. The number of rotatable bonds is 6. The van der Waals surface area contributed by atoms with E-state index in [2.05, 4.69) is 0 Å². The molecule has 1 heterocycles. The SMILES string of the molecule is CCC1(CC)OC[C@H](C[C@@H](O)CCO)O1. The fourth-order valence-electron chi connectivity index (χ4n) is 1.92. The molecule has 1 rings (SSSR count). The molecule has 0 aromatic heterocycles. The van der Waals surface area contributed by atoms with Crippen LogP contribution in [0.25, 0.3) is 0 Å². The molecule has 0 spiro atoms. The van der Waals surface area contributed by atoms with Gasteiger partial charge in [-0.2, -0.15) is 0 Å². The van der Waals surface area contributed by atoms with Gasteiger partial charge in [0, 0.05) is 13.0 Å². The highest BCUT2D eigenvalue weighted by Gasteiger charge is 2.38. The highest BCUT2D eigenvalue weighted by Crippen LogP contribution is 2.31. The molecule has 0 saturated carbocycles. The highest BCUT2D eigenvalue weighted by molar-refractivity contribution is 4.78. The zero-order valence-corrected chi connectivity index (χ0v) is 9.61. The fourth-order valence-corrected chi connectivity index (χ4v) is 1.92. The lowest BCUT2D eigenvalue weighted by atomic mass is 10.1. The normalized spacial score (nSPS) is 26.8. The number of aliphatic hydroxyl groups excluding tert-OH is 2. The van der Waals surface area contributed by atoms with E-state index in [-0.39, 0.29) is 12.7 Å². The van der Waals surface area contributed by atoms with Crippen LogP contribution in [0.3, 0.4) is 0 Å². The van der Waals surface area contributed by atoms with E-state index in [1.807, 2.05) is 13.8 Å². The molecule has 0 radical (unpaired) electrons. The van der Waals surface area contributed by atoms with E-state index in [9.17, 15) is 5.11 Å². The molecular weight excluding hydrogens is 196 g/mol. The molecule has 90 valence electrons. The van der Waals surface area contributed by atoms with E-state index in [0.717, 1.165) is 12.8 Å². The van der Waals surface area contributed by atoms with Crippen molar-refractivity contribution in [3.63, 3.8) is 0 Å². The molecule has 1 aliphatic rings. The van der Waals surface area contributed by atoms with Crippen molar-refractivity contribution in [2.45, 2.75) is 57.5 Å². The van der Waals surface area contributed by atoms with Crippen molar-refractivity contribution in [1.82, 2.24) is 0 Å².